The van der Waals surface area contributed by atoms with Gasteiger partial charge in [0.05, 0.1) is 23.4 Å². The lowest BCUT2D eigenvalue weighted by atomic mass is 10.2. The molecule has 7 heteroatoms. The van der Waals surface area contributed by atoms with Gasteiger partial charge in [0.2, 0.25) is 0 Å². The molecule has 3 aromatic rings. The third kappa shape index (κ3) is 2.28. The largest absolute Gasteiger partial charge is 0.337 e. The summed E-state index contributed by atoms with van der Waals surface area (Å²) in [5, 5.41) is 8.13. The Kier molecular flexibility index (Phi) is 2.59. The van der Waals surface area contributed by atoms with E-state index in [1.165, 1.54) is 12.8 Å². The summed E-state index contributed by atoms with van der Waals surface area (Å²) < 4.78 is 1.97. The maximum Gasteiger partial charge on any atom is 0.261 e. The van der Waals surface area contributed by atoms with Gasteiger partial charge >= 0.3 is 0 Å². The second kappa shape index (κ2) is 4.65. The minimum absolute atomic E-state index is 0.179. The van der Waals surface area contributed by atoms with Gasteiger partial charge in [0.15, 0.2) is 0 Å². The SMILES string of the molecule is O=c1[nH]ccc2nc(C3CC3)nc(Nc3cnn(C4CC4)c3)c12. The van der Waals surface area contributed by atoms with E-state index in [0.29, 0.717) is 28.7 Å². The molecule has 116 valence electrons. The number of hydrogen-bond acceptors (Lipinski definition) is 5. The van der Waals surface area contributed by atoms with Crippen LogP contribution in [0.15, 0.2) is 29.5 Å². The minimum Gasteiger partial charge on any atom is -0.337 e. The smallest absolute Gasteiger partial charge is 0.261 e. The van der Waals surface area contributed by atoms with E-state index in [0.717, 1.165) is 24.4 Å². The Hall–Kier alpha value is -2.70. The number of nitrogens with zero attached hydrogens (tertiary/aromatic N) is 4. The molecule has 2 aliphatic carbocycles. The number of fused-ring (bicyclic) bond motifs is 1. The second-order valence-electron chi connectivity index (χ2n) is 6.34. The fourth-order valence-electron chi connectivity index (χ4n) is 2.80. The first kappa shape index (κ1) is 12.8. The van der Waals surface area contributed by atoms with Crippen LogP contribution in [0.5, 0.6) is 0 Å². The molecule has 2 aliphatic rings. The van der Waals surface area contributed by atoms with Crippen LogP contribution in [-0.4, -0.2) is 24.7 Å². The van der Waals surface area contributed by atoms with Gasteiger partial charge in [-0.15, -0.1) is 0 Å². The molecule has 2 N–H and O–H groups in total. The molecule has 23 heavy (non-hydrogen) atoms. The third-order valence-electron chi connectivity index (χ3n) is 4.36. The normalized spacial score (nSPS) is 17.6. The summed E-state index contributed by atoms with van der Waals surface area (Å²) in [6, 6.07) is 2.35. The van der Waals surface area contributed by atoms with Crippen LogP contribution in [0.25, 0.3) is 10.9 Å². The van der Waals surface area contributed by atoms with Crippen molar-refractivity contribution in [3.05, 3.63) is 40.8 Å². The van der Waals surface area contributed by atoms with E-state index in [1.54, 1.807) is 12.4 Å². The molecule has 0 aliphatic heterocycles. The number of anilines is 2. The average molecular weight is 308 g/mol. The van der Waals surface area contributed by atoms with Gasteiger partial charge in [-0.25, -0.2) is 9.97 Å². The fraction of sp³-hybridized carbons (Fsp3) is 0.375. The maximum absolute atomic E-state index is 12.2. The van der Waals surface area contributed by atoms with E-state index in [1.807, 2.05) is 16.9 Å². The van der Waals surface area contributed by atoms with Crippen molar-refractivity contribution in [3.8, 4) is 0 Å². The van der Waals surface area contributed by atoms with Crippen LogP contribution in [0.1, 0.15) is 43.5 Å². The van der Waals surface area contributed by atoms with E-state index < -0.39 is 0 Å². The van der Waals surface area contributed by atoms with Gasteiger partial charge in [-0.05, 0) is 31.7 Å². The highest BCUT2D eigenvalue weighted by Crippen LogP contribution is 2.39. The first-order valence-corrected chi connectivity index (χ1v) is 7.98. The molecule has 0 unspecified atom stereocenters. The first-order chi connectivity index (χ1) is 11.3. The van der Waals surface area contributed by atoms with Crippen molar-refractivity contribution in [2.45, 2.75) is 37.6 Å². The topological polar surface area (TPSA) is 88.5 Å². The Morgan fingerprint density at radius 1 is 1.22 bits per heavy atom. The lowest BCUT2D eigenvalue weighted by Gasteiger charge is -2.08. The minimum atomic E-state index is -0.179. The van der Waals surface area contributed by atoms with Gasteiger partial charge in [-0.1, -0.05) is 0 Å². The third-order valence-corrected chi connectivity index (χ3v) is 4.36. The van der Waals surface area contributed by atoms with Crippen LogP contribution in [0, 0.1) is 0 Å². The molecule has 0 bridgehead atoms. The highest BCUT2D eigenvalue weighted by atomic mass is 16.1. The number of hydrogen-bond donors (Lipinski definition) is 2. The van der Waals surface area contributed by atoms with Gasteiger partial charge in [-0.2, -0.15) is 5.10 Å². The molecule has 2 fully saturated rings. The van der Waals surface area contributed by atoms with Crippen LogP contribution in [0.3, 0.4) is 0 Å². The lowest BCUT2D eigenvalue weighted by Crippen LogP contribution is -2.11. The Morgan fingerprint density at radius 2 is 2.09 bits per heavy atom. The van der Waals surface area contributed by atoms with E-state index in [-0.39, 0.29) is 5.56 Å². The first-order valence-electron chi connectivity index (χ1n) is 7.98. The van der Waals surface area contributed by atoms with Gasteiger partial charge < -0.3 is 10.3 Å². The lowest BCUT2D eigenvalue weighted by molar-refractivity contribution is 0.642. The molecule has 0 aromatic carbocycles. The van der Waals surface area contributed by atoms with Crippen molar-refractivity contribution in [2.75, 3.05) is 5.32 Å². The Labute approximate surface area is 131 Å². The molecule has 0 amide bonds. The summed E-state index contributed by atoms with van der Waals surface area (Å²) in [4.78, 5) is 24.1. The average Bonchev–Trinajstić information content (AvgIpc) is 3.46. The molecule has 0 spiro atoms. The number of aromatic amines is 1. The summed E-state index contributed by atoms with van der Waals surface area (Å²) in [7, 11) is 0. The number of rotatable bonds is 4. The molecule has 7 nitrogen and oxygen atoms in total. The second-order valence-corrected chi connectivity index (χ2v) is 6.34. The van der Waals surface area contributed by atoms with Crippen molar-refractivity contribution in [2.24, 2.45) is 0 Å². The predicted octanol–water partition coefficient (Wildman–Crippen LogP) is 2.47. The standard InChI is InChI=1S/C16H16N6O/c23-16-13-12(5-6-17-16)20-14(9-1-2-9)21-15(13)19-10-7-18-22(8-10)11-3-4-11/h5-9,11H,1-4H2,(H,17,23)(H,19,20,21). The van der Waals surface area contributed by atoms with Gasteiger partial charge in [0, 0.05) is 18.3 Å². The molecular formula is C16H16N6O. The summed E-state index contributed by atoms with van der Waals surface area (Å²) in [5.74, 6) is 1.81. The molecular weight excluding hydrogens is 292 g/mol. The van der Waals surface area contributed by atoms with Crippen molar-refractivity contribution in [3.63, 3.8) is 0 Å². The molecule has 0 saturated heterocycles. The number of nitrogens with one attached hydrogen (secondary N) is 2. The van der Waals surface area contributed by atoms with E-state index in [9.17, 15) is 4.79 Å². The van der Waals surface area contributed by atoms with Crippen LogP contribution in [0.2, 0.25) is 0 Å². The van der Waals surface area contributed by atoms with Crippen molar-refractivity contribution in [1.29, 1.82) is 0 Å². The van der Waals surface area contributed by atoms with E-state index in [2.05, 4.69) is 25.4 Å². The van der Waals surface area contributed by atoms with Gasteiger partial charge in [0.1, 0.15) is 17.0 Å². The fourth-order valence-corrected chi connectivity index (χ4v) is 2.80. The zero-order valence-corrected chi connectivity index (χ0v) is 12.5. The summed E-state index contributed by atoms with van der Waals surface area (Å²) >= 11 is 0. The molecule has 2 saturated carbocycles. The molecule has 0 radical (unpaired) electrons. The van der Waals surface area contributed by atoms with E-state index >= 15 is 0 Å². The zero-order valence-electron chi connectivity index (χ0n) is 12.5. The Morgan fingerprint density at radius 3 is 2.87 bits per heavy atom. The van der Waals surface area contributed by atoms with Crippen LogP contribution in [0.4, 0.5) is 11.5 Å². The van der Waals surface area contributed by atoms with Crippen molar-refractivity contribution in [1.82, 2.24) is 24.7 Å². The molecule has 3 heterocycles. The van der Waals surface area contributed by atoms with Crippen LogP contribution in [-0.2, 0) is 0 Å². The summed E-state index contributed by atoms with van der Waals surface area (Å²) in [6.45, 7) is 0. The quantitative estimate of drug-likeness (QED) is 0.773. The van der Waals surface area contributed by atoms with Crippen LogP contribution < -0.4 is 10.9 Å². The Balaban J connectivity index is 1.61. The maximum atomic E-state index is 12.2. The van der Waals surface area contributed by atoms with Gasteiger partial charge in [-0.3, -0.25) is 9.48 Å². The molecule has 3 aromatic heterocycles. The molecule has 0 atom stereocenters. The van der Waals surface area contributed by atoms with Crippen LogP contribution >= 0.6 is 0 Å². The highest BCUT2D eigenvalue weighted by Gasteiger charge is 2.28. The highest BCUT2D eigenvalue weighted by molar-refractivity contribution is 5.89. The number of pyridine rings is 1. The number of H-pyrrole nitrogens is 1. The predicted molar refractivity (Wildman–Crippen MR) is 85.9 cm³/mol. The zero-order chi connectivity index (χ0) is 15.4. The number of aromatic nitrogens is 5. The van der Waals surface area contributed by atoms with Crippen molar-refractivity contribution >= 4 is 22.4 Å². The van der Waals surface area contributed by atoms with Gasteiger partial charge in [0.25, 0.3) is 5.56 Å². The van der Waals surface area contributed by atoms with E-state index in [4.69, 9.17) is 0 Å². The summed E-state index contributed by atoms with van der Waals surface area (Å²) in [5.41, 5.74) is 1.35. The Bertz CT molecular complexity index is 951. The van der Waals surface area contributed by atoms with Crippen molar-refractivity contribution < 1.29 is 0 Å². The summed E-state index contributed by atoms with van der Waals surface area (Å²) in [6.07, 6.45) is 9.98. The molecule has 5 rings (SSSR count). The monoisotopic (exact) mass is 308 g/mol.